The molecule has 1 aliphatic heterocycles. The van der Waals surface area contributed by atoms with Crippen LogP contribution in [0.5, 0.6) is 11.5 Å². The van der Waals surface area contributed by atoms with Crippen LogP contribution >= 0.6 is 11.8 Å². The van der Waals surface area contributed by atoms with E-state index in [2.05, 4.69) is 5.32 Å². The van der Waals surface area contributed by atoms with E-state index >= 15 is 0 Å². The summed E-state index contributed by atoms with van der Waals surface area (Å²) in [7, 11) is 3.42. The Morgan fingerprint density at radius 2 is 1.81 bits per heavy atom. The van der Waals surface area contributed by atoms with Crippen LogP contribution in [-0.2, 0) is 4.79 Å². The Kier molecular flexibility index (Phi) is 5.68. The number of nitrogens with zero attached hydrogens (tertiary/aromatic N) is 1. The van der Waals surface area contributed by atoms with E-state index in [1.54, 1.807) is 44.4 Å². The summed E-state index contributed by atoms with van der Waals surface area (Å²) in [6.07, 6.45) is 0. The minimum Gasteiger partial charge on any atom is -0.486 e. The molecule has 1 aliphatic rings. The van der Waals surface area contributed by atoms with Gasteiger partial charge in [0.15, 0.2) is 11.5 Å². The molecule has 3 rings (SSSR count). The molecule has 6 nitrogen and oxygen atoms in total. The van der Waals surface area contributed by atoms with Crippen molar-refractivity contribution in [3.63, 3.8) is 0 Å². The predicted molar refractivity (Wildman–Crippen MR) is 101 cm³/mol. The Balaban J connectivity index is 1.73. The standard InChI is InChI=1S/C19H20N2O4S/c1-21(2)18(22)12-26-17-6-4-3-5-14(17)19(23)20-13-7-8-15-16(11-13)25-10-9-24-15/h3-8,11H,9-10,12H2,1-2H3,(H,20,23). The van der Waals surface area contributed by atoms with E-state index in [4.69, 9.17) is 9.47 Å². The largest absolute Gasteiger partial charge is 0.486 e. The van der Waals surface area contributed by atoms with Gasteiger partial charge in [0.1, 0.15) is 13.2 Å². The molecular formula is C19H20N2O4S. The molecule has 2 amide bonds. The summed E-state index contributed by atoms with van der Waals surface area (Å²) in [4.78, 5) is 26.8. The van der Waals surface area contributed by atoms with Crippen molar-refractivity contribution >= 4 is 29.3 Å². The van der Waals surface area contributed by atoms with Gasteiger partial charge in [0.2, 0.25) is 5.91 Å². The number of carbonyl (C=O) groups is 2. The third-order valence-corrected chi connectivity index (χ3v) is 4.84. The molecule has 136 valence electrons. The summed E-state index contributed by atoms with van der Waals surface area (Å²) in [5, 5.41) is 2.88. The lowest BCUT2D eigenvalue weighted by molar-refractivity contribution is -0.125. The molecule has 0 bridgehead atoms. The summed E-state index contributed by atoms with van der Waals surface area (Å²) >= 11 is 1.35. The smallest absolute Gasteiger partial charge is 0.256 e. The van der Waals surface area contributed by atoms with Gasteiger partial charge in [0.05, 0.1) is 11.3 Å². The van der Waals surface area contributed by atoms with Crippen molar-refractivity contribution in [2.24, 2.45) is 0 Å². The lowest BCUT2D eigenvalue weighted by atomic mass is 10.2. The molecule has 0 radical (unpaired) electrons. The van der Waals surface area contributed by atoms with E-state index in [9.17, 15) is 9.59 Å². The first-order valence-electron chi connectivity index (χ1n) is 8.17. The van der Waals surface area contributed by atoms with E-state index in [0.717, 1.165) is 4.90 Å². The van der Waals surface area contributed by atoms with Crippen LogP contribution in [0.3, 0.4) is 0 Å². The van der Waals surface area contributed by atoms with Crippen molar-refractivity contribution in [1.82, 2.24) is 4.90 Å². The van der Waals surface area contributed by atoms with Gasteiger partial charge in [-0.15, -0.1) is 11.8 Å². The fourth-order valence-corrected chi connectivity index (χ4v) is 3.40. The highest BCUT2D eigenvalue weighted by atomic mass is 32.2. The number of hydrogen-bond acceptors (Lipinski definition) is 5. The number of hydrogen-bond donors (Lipinski definition) is 1. The number of nitrogens with one attached hydrogen (secondary N) is 1. The van der Waals surface area contributed by atoms with Gasteiger partial charge < -0.3 is 19.7 Å². The third kappa shape index (κ3) is 4.29. The quantitative estimate of drug-likeness (QED) is 0.818. The number of anilines is 1. The second-order valence-corrected chi connectivity index (χ2v) is 6.90. The zero-order chi connectivity index (χ0) is 18.5. The number of fused-ring (bicyclic) bond motifs is 1. The molecule has 2 aromatic carbocycles. The predicted octanol–water partition coefficient (Wildman–Crippen LogP) is 2.89. The lowest BCUT2D eigenvalue weighted by Crippen LogP contribution is -2.23. The average molecular weight is 372 g/mol. The minimum absolute atomic E-state index is 0.00273. The van der Waals surface area contributed by atoms with Crippen LogP contribution in [0.15, 0.2) is 47.4 Å². The van der Waals surface area contributed by atoms with Crippen LogP contribution in [-0.4, -0.2) is 49.8 Å². The molecule has 1 N–H and O–H groups in total. The maximum atomic E-state index is 12.7. The number of benzene rings is 2. The lowest BCUT2D eigenvalue weighted by Gasteiger charge is -2.19. The Morgan fingerprint density at radius 1 is 1.08 bits per heavy atom. The highest BCUT2D eigenvalue weighted by molar-refractivity contribution is 8.00. The van der Waals surface area contributed by atoms with Gasteiger partial charge in [0, 0.05) is 30.7 Å². The van der Waals surface area contributed by atoms with Crippen molar-refractivity contribution in [1.29, 1.82) is 0 Å². The fourth-order valence-electron chi connectivity index (χ4n) is 2.37. The normalized spacial score (nSPS) is 12.4. The molecular weight excluding hydrogens is 352 g/mol. The van der Waals surface area contributed by atoms with Crippen LogP contribution in [0.1, 0.15) is 10.4 Å². The number of rotatable bonds is 5. The van der Waals surface area contributed by atoms with Crippen molar-refractivity contribution in [3.05, 3.63) is 48.0 Å². The van der Waals surface area contributed by atoms with Gasteiger partial charge in [-0.05, 0) is 24.3 Å². The molecule has 0 atom stereocenters. The van der Waals surface area contributed by atoms with Gasteiger partial charge in [0.25, 0.3) is 5.91 Å². The topological polar surface area (TPSA) is 67.9 Å². The fraction of sp³-hybridized carbons (Fsp3) is 0.263. The van der Waals surface area contributed by atoms with Crippen LogP contribution in [0.25, 0.3) is 0 Å². The molecule has 2 aromatic rings. The number of carbonyl (C=O) groups excluding carboxylic acids is 2. The molecule has 0 saturated heterocycles. The SMILES string of the molecule is CN(C)C(=O)CSc1ccccc1C(=O)Nc1ccc2c(c1)OCCO2. The van der Waals surface area contributed by atoms with E-state index in [1.807, 2.05) is 12.1 Å². The van der Waals surface area contributed by atoms with Crippen molar-refractivity contribution in [3.8, 4) is 11.5 Å². The average Bonchev–Trinajstić information content (AvgIpc) is 2.66. The van der Waals surface area contributed by atoms with E-state index < -0.39 is 0 Å². The Morgan fingerprint density at radius 3 is 2.58 bits per heavy atom. The van der Waals surface area contributed by atoms with Gasteiger partial charge in [-0.25, -0.2) is 0 Å². The van der Waals surface area contributed by atoms with Gasteiger partial charge in [-0.2, -0.15) is 0 Å². The first-order valence-corrected chi connectivity index (χ1v) is 9.16. The molecule has 0 fully saturated rings. The van der Waals surface area contributed by atoms with Crippen LogP contribution in [0.4, 0.5) is 5.69 Å². The Bertz CT molecular complexity index is 823. The highest BCUT2D eigenvalue weighted by Gasteiger charge is 2.16. The second kappa shape index (κ2) is 8.14. The Hall–Kier alpha value is -2.67. The molecule has 26 heavy (non-hydrogen) atoms. The third-order valence-electron chi connectivity index (χ3n) is 3.78. The molecule has 0 aliphatic carbocycles. The molecule has 0 spiro atoms. The van der Waals surface area contributed by atoms with Crippen molar-refractivity contribution in [2.75, 3.05) is 38.4 Å². The summed E-state index contributed by atoms with van der Waals surface area (Å²) in [5.41, 5.74) is 1.15. The zero-order valence-corrected chi connectivity index (χ0v) is 15.5. The first kappa shape index (κ1) is 18.1. The van der Waals surface area contributed by atoms with Crippen molar-refractivity contribution in [2.45, 2.75) is 4.90 Å². The van der Waals surface area contributed by atoms with E-state index in [1.165, 1.54) is 16.7 Å². The van der Waals surface area contributed by atoms with E-state index in [0.29, 0.717) is 36.0 Å². The maximum Gasteiger partial charge on any atom is 0.256 e. The Labute approximate surface area is 156 Å². The van der Waals surface area contributed by atoms with Crippen LogP contribution in [0.2, 0.25) is 0 Å². The van der Waals surface area contributed by atoms with Crippen LogP contribution < -0.4 is 14.8 Å². The summed E-state index contributed by atoms with van der Waals surface area (Å²) < 4.78 is 11.0. The summed E-state index contributed by atoms with van der Waals surface area (Å²) in [6, 6.07) is 12.5. The molecule has 0 unspecified atom stereocenters. The molecule has 1 heterocycles. The molecule has 0 aromatic heterocycles. The minimum atomic E-state index is -0.234. The summed E-state index contributed by atoms with van der Waals surface area (Å²) in [5.74, 6) is 1.33. The monoisotopic (exact) mass is 372 g/mol. The van der Waals surface area contributed by atoms with Gasteiger partial charge >= 0.3 is 0 Å². The molecule has 7 heteroatoms. The van der Waals surface area contributed by atoms with E-state index in [-0.39, 0.29) is 17.6 Å². The first-order chi connectivity index (χ1) is 12.5. The van der Waals surface area contributed by atoms with Gasteiger partial charge in [-0.1, -0.05) is 12.1 Å². The summed E-state index contributed by atoms with van der Waals surface area (Å²) in [6.45, 7) is 1.01. The highest BCUT2D eigenvalue weighted by Crippen LogP contribution is 2.33. The maximum absolute atomic E-state index is 12.7. The van der Waals surface area contributed by atoms with Gasteiger partial charge in [-0.3, -0.25) is 9.59 Å². The van der Waals surface area contributed by atoms with Crippen molar-refractivity contribution < 1.29 is 19.1 Å². The number of thioether (sulfide) groups is 1. The number of ether oxygens (including phenoxy) is 2. The second-order valence-electron chi connectivity index (χ2n) is 5.89. The zero-order valence-electron chi connectivity index (χ0n) is 14.7. The number of amides is 2. The van der Waals surface area contributed by atoms with Crippen LogP contribution in [0, 0.1) is 0 Å². The molecule has 0 saturated carbocycles.